The Labute approximate surface area is 329 Å². The maximum Gasteiger partial charge on any atom is 0.245 e. The van der Waals surface area contributed by atoms with Gasteiger partial charge in [0.15, 0.2) is 5.82 Å². The van der Waals surface area contributed by atoms with Crippen LogP contribution in [-0.2, 0) is 29.7 Å². The van der Waals surface area contributed by atoms with E-state index in [9.17, 15) is 5.11 Å². The van der Waals surface area contributed by atoms with Crippen LogP contribution < -0.4 is 14.2 Å². The molecular weight excluding hydrogens is 749 g/mol. The van der Waals surface area contributed by atoms with Gasteiger partial charge in [-0.15, -0.1) is 16.9 Å². The van der Waals surface area contributed by atoms with Crippen molar-refractivity contribution < 1.29 is 27.7 Å². The summed E-state index contributed by atoms with van der Waals surface area (Å²) in [6.07, 6.45) is 1.73. The Morgan fingerprint density at radius 2 is 1.32 bits per heavy atom. The van der Waals surface area contributed by atoms with Gasteiger partial charge in [-0.25, -0.2) is 13.1 Å². The molecule has 14 heteroatoms. The number of sulfonamides is 1. The molecule has 2 aromatic heterocycles. The number of tetrazole rings is 1. The molecule has 56 heavy (non-hydrogen) atoms. The number of aliphatic hydroxyl groups excluding tert-OH is 1. The molecule has 0 bridgehead atoms. The number of nitrogens with zero attached hydrogens (tertiary/aromatic N) is 6. The first-order valence-electron chi connectivity index (χ1n) is 17.7. The fourth-order valence-corrected chi connectivity index (χ4v) is 9.37. The molecule has 7 aromatic rings. The minimum absolute atomic E-state index is 0.0298. The number of ether oxygens (including phenoxy) is 3. The average molecular weight is 789 g/mol. The lowest BCUT2D eigenvalue weighted by Crippen LogP contribution is -2.31. The van der Waals surface area contributed by atoms with Gasteiger partial charge in [-0.1, -0.05) is 60.7 Å². The molecule has 286 valence electrons. The van der Waals surface area contributed by atoms with Crippen LogP contribution in [0.1, 0.15) is 16.7 Å². The van der Waals surface area contributed by atoms with Crippen LogP contribution in [-0.4, -0.2) is 76.7 Å². The van der Waals surface area contributed by atoms with Gasteiger partial charge in [0.1, 0.15) is 22.1 Å². The summed E-state index contributed by atoms with van der Waals surface area (Å²) in [6.45, 7) is 0.173. The van der Waals surface area contributed by atoms with Gasteiger partial charge in [0.25, 0.3) is 0 Å². The first kappa shape index (κ1) is 38.5. The molecule has 0 aliphatic heterocycles. The molecule has 7 rings (SSSR count). The molecule has 0 aliphatic carbocycles. The van der Waals surface area contributed by atoms with Crippen LogP contribution >= 0.6 is 11.8 Å². The van der Waals surface area contributed by atoms with Gasteiger partial charge in [-0.2, -0.15) is 4.31 Å². The number of benzene rings is 5. The van der Waals surface area contributed by atoms with Gasteiger partial charge in [0.05, 0.1) is 40.0 Å². The lowest BCUT2D eigenvalue weighted by Gasteiger charge is -2.27. The van der Waals surface area contributed by atoms with Crippen molar-refractivity contribution in [2.75, 3.05) is 33.7 Å². The summed E-state index contributed by atoms with van der Waals surface area (Å²) in [5.74, 6) is 2.53. The van der Waals surface area contributed by atoms with Crippen molar-refractivity contribution in [3.05, 3.63) is 138 Å². The molecule has 0 saturated heterocycles. The second kappa shape index (κ2) is 17.3. The Morgan fingerprint density at radius 3 is 1.91 bits per heavy atom. The Kier molecular flexibility index (Phi) is 11.9. The molecule has 0 atom stereocenters. The Balaban J connectivity index is 1.48. The van der Waals surface area contributed by atoms with Crippen molar-refractivity contribution in [1.29, 1.82) is 0 Å². The van der Waals surface area contributed by atoms with Crippen LogP contribution in [0.5, 0.6) is 17.2 Å². The number of aromatic nitrogens is 5. The van der Waals surface area contributed by atoms with Crippen LogP contribution in [0.25, 0.3) is 33.4 Å². The van der Waals surface area contributed by atoms with E-state index in [-0.39, 0.29) is 42.7 Å². The molecule has 0 amide bonds. The highest BCUT2D eigenvalue weighted by molar-refractivity contribution is 8.00. The van der Waals surface area contributed by atoms with Crippen molar-refractivity contribution in [1.82, 2.24) is 29.5 Å². The predicted octanol–water partition coefficient (Wildman–Crippen LogP) is 7.10. The summed E-state index contributed by atoms with van der Waals surface area (Å²) in [7, 11) is 0.379. The van der Waals surface area contributed by atoms with Gasteiger partial charge >= 0.3 is 0 Å². The third-order valence-corrected chi connectivity index (χ3v) is 12.3. The number of aliphatic hydroxyl groups is 1. The molecule has 5 aromatic carbocycles. The summed E-state index contributed by atoms with van der Waals surface area (Å²) in [5, 5.41) is 23.9. The Bertz CT molecular complexity index is 2480. The van der Waals surface area contributed by atoms with E-state index in [1.54, 1.807) is 38.3 Å². The minimum Gasteiger partial charge on any atom is -0.497 e. The Morgan fingerprint density at radius 1 is 0.714 bits per heavy atom. The molecular formula is C42H40N6O6S2. The van der Waals surface area contributed by atoms with Crippen LogP contribution in [0, 0.1) is 0 Å². The highest BCUT2D eigenvalue weighted by atomic mass is 32.2. The number of pyridine rings is 1. The van der Waals surface area contributed by atoms with E-state index < -0.39 is 10.0 Å². The fraction of sp³-hybridized carbons (Fsp3) is 0.190. The summed E-state index contributed by atoms with van der Waals surface area (Å²) in [4.78, 5) is 5.07. The van der Waals surface area contributed by atoms with Gasteiger partial charge in [0.2, 0.25) is 10.0 Å². The van der Waals surface area contributed by atoms with Gasteiger partial charge < -0.3 is 19.3 Å². The SMILES string of the molecule is COc1ccc(CN(Cc2ccc(OC)cc2)S(=O)(=O)c2c(SCCO)ccc(-c3cccc4ncccc34)c2-c2nnnn2Cc2ccc(OC)cc2)cc1. The van der Waals surface area contributed by atoms with Crippen LogP contribution in [0.4, 0.5) is 0 Å². The molecule has 0 aliphatic rings. The van der Waals surface area contributed by atoms with E-state index in [0.29, 0.717) is 33.3 Å². The first-order chi connectivity index (χ1) is 27.3. The summed E-state index contributed by atoms with van der Waals surface area (Å²) in [6, 6.07) is 35.5. The van der Waals surface area contributed by atoms with E-state index >= 15 is 8.42 Å². The van der Waals surface area contributed by atoms with Crippen LogP contribution in [0.3, 0.4) is 0 Å². The average Bonchev–Trinajstić information content (AvgIpc) is 3.70. The molecule has 12 nitrogen and oxygen atoms in total. The zero-order valence-electron chi connectivity index (χ0n) is 31.1. The first-order valence-corrected chi connectivity index (χ1v) is 20.2. The number of hydrogen-bond donors (Lipinski definition) is 1. The van der Waals surface area contributed by atoms with Gasteiger partial charge in [-0.05, 0) is 92.8 Å². The molecule has 0 radical (unpaired) electrons. The lowest BCUT2D eigenvalue weighted by molar-refractivity contribution is 0.322. The maximum absolute atomic E-state index is 15.8. The monoisotopic (exact) mass is 788 g/mol. The lowest BCUT2D eigenvalue weighted by atomic mass is 9.95. The van der Waals surface area contributed by atoms with Crippen LogP contribution in [0.15, 0.2) is 131 Å². The van der Waals surface area contributed by atoms with Crippen molar-refractivity contribution >= 4 is 32.7 Å². The number of thioether (sulfide) groups is 1. The molecule has 1 N–H and O–H groups in total. The third kappa shape index (κ3) is 8.23. The quantitative estimate of drug-likeness (QED) is 0.100. The second-order valence-electron chi connectivity index (χ2n) is 12.7. The second-order valence-corrected chi connectivity index (χ2v) is 15.8. The van der Waals surface area contributed by atoms with Crippen molar-refractivity contribution in [2.45, 2.75) is 29.4 Å². The summed E-state index contributed by atoms with van der Waals surface area (Å²) < 4.78 is 50.8. The van der Waals surface area contributed by atoms with Crippen molar-refractivity contribution in [3.63, 3.8) is 0 Å². The largest absolute Gasteiger partial charge is 0.497 e. The third-order valence-electron chi connectivity index (χ3n) is 9.29. The van der Waals surface area contributed by atoms with Crippen LogP contribution in [0.2, 0.25) is 0 Å². The highest BCUT2D eigenvalue weighted by Crippen LogP contribution is 2.45. The van der Waals surface area contributed by atoms with E-state index in [2.05, 4.69) is 20.5 Å². The normalized spacial score (nSPS) is 11.6. The van der Waals surface area contributed by atoms with E-state index in [4.69, 9.17) is 14.2 Å². The zero-order valence-corrected chi connectivity index (χ0v) is 32.7. The maximum atomic E-state index is 15.8. The van der Waals surface area contributed by atoms with E-state index in [1.807, 2.05) is 109 Å². The van der Waals surface area contributed by atoms with Crippen molar-refractivity contribution in [2.24, 2.45) is 0 Å². The van der Waals surface area contributed by atoms with E-state index in [1.165, 1.54) is 16.1 Å². The van der Waals surface area contributed by atoms with Gasteiger partial charge in [0, 0.05) is 40.9 Å². The summed E-state index contributed by atoms with van der Waals surface area (Å²) in [5.41, 5.74) is 4.84. The number of hydrogen-bond acceptors (Lipinski definition) is 11. The number of rotatable bonds is 16. The topological polar surface area (TPSA) is 142 Å². The molecule has 0 saturated carbocycles. The van der Waals surface area contributed by atoms with E-state index in [0.717, 1.165) is 33.2 Å². The van der Waals surface area contributed by atoms with Gasteiger partial charge in [-0.3, -0.25) is 4.98 Å². The minimum atomic E-state index is -4.40. The smallest absolute Gasteiger partial charge is 0.245 e. The standard InChI is InChI=1S/C42H40N6O6S2/c1-52-32-15-9-29(10-16-32)26-47(27-30-11-17-33(53-2)18-12-30)56(50,51)41-39(55-25-24-49)22-21-37(35-6-4-8-38-36(35)7-5-23-43-38)40(41)42-44-45-46-48(42)28-31-13-19-34(54-3)20-14-31/h4-23,49H,24-28H2,1-3H3. The highest BCUT2D eigenvalue weighted by Gasteiger charge is 2.35. The number of fused-ring (bicyclic) bond motifs is 1. The summed E-state index contributed by atoms with van der Waals surface area (Å²) >= 11 is 1.25. The fourth-order valence-electron chi connectivity index (χ4n) is 6.49. The molecule has 2 heterocycles. The Hall–Kier alpha value is -5.80. The van der Waals surface area contributed by atoms with Crippen molar-refractivity contribution in [3.8, 4) is 39.8 Å². The predicted molar refractivity (Wildman–Crippen MR) is 216 cm³/mol. The molecule has 0 fully saturated rings. The molecule has 0 spiro atoms. The zero-order chi connectivity index (χ0) is 39.1. The number of methoxy groups -OCH3 is 3. The molecule has 0 unspecified atom stereocenters.